The van der Waals surface area contributed by atoms with Gasteiger partial charge in [-0.3, -0.25) is 14.4 Å². The van der Waals surface area contributed by atoms with E-state index >= 15 is 0 Å². The fourth-order valence-electron chi connectivity index (χ4n) is 1.45. The third kappa shape index (κ3) is 13.9. The van der Waals surface area contributed by atoms with E-state index in [4.69, 9.17) is 0 Å². The van der Waals surface area contributed by atoms with Crippen LogP contribution in [0.3, 0.4) is 0 Å². The average Bonchev–Trinajstić information content (AvgIpc) is 2.31. The van der Waals surface area contributed by atoms with E-state index in [-0.39, 0.29) is 91.2 Å². The van der Waals surface area contributed by atoms with Gasteiger partial charge < -0.3 is 4.79 Å². The zero-order valence-corrected chi connectivity index (χ0v) is 11.0. The second kappa shape index (κ2) is 12.7. The zero-order chi connectivity index (χ0) is 14.0. The minimum absolute atomic E-state index is 0. The summed E-state index contributed by atoms with van der Waals surface area (Å²) in [5.74, 6) is -0.110. The summed E-state index contributed by atoms with van der Waals surface area (Å²) >= 11 is 0. The minimum atomic E-state index is -0.0670. The summed E-state index contributed by atoms with van der Waals surface area (Å²) in [5, 5.41) is 0. The predicted molar refractivity (Wildman–Crippen MR) is 75.1 cm³/mol. The maximum atomic E-state index is 11.4. The molecule has 0 amide bonds. The molecule has 0 rings (SSSR count). The van der Waals surface area contributed by atoms with Crippen LogP contribution < -0.4 is 0 Å². The molecule has 0 atom stereocenters. The molecule has 0 bridgehead atoms. The quantitative estimate of drug-likeness (QED) is 0.538. The molecule has 0 fully saturated rings. The van der Waals surface area contributed by atoms with Gasteiger partial charge in [0, 0.05) is 44.9 Å². The molecule has 0 aromatic carbocycles. The van der Waals surface area contributed by atoms with Gasteiger partial charge in [0.15, 0.2) is 0 Å². The van der Waals surface area contributed by atoms with Gasteiger partial charge in [0.2, 0.25) is 0 Å². The van der Waals surface area contributed by atoms with Crippen molar-refractivity contribution < 1.29 is 19.2 Å². The summed E-state index contributed by atoms with van der Waals surface area (Å²) in [5.41, 5.74) is 0. The standard InChI is InChI=1S/C14H21O4.Na.H/c1-3-4-12(16)7-8-14(18)10-9-13(17)6-5-11(2)15;;/h1,3-10H2,2H3;;. The molecular formula is C14H22NaO4. The van der Waals surface area contributed by atoms with Crippen LogP contribution in [0.2, 0.25) is 0 Å². The molecule has 0 N–H and O–H groups in total. The van der Waals surface area contributed by atoms with Crippen LogP contribution in [0.4, 0.5) is 0 Å². The van der Waals surface area contributed by atoms with Crippen molar-refractivity contribution in [3.05, 3.63) is 6.92 Å². The summed E-state index contributed by atoms with van der Waals surface area (Å²) in [6.07, 6.45) is 2.22. The Labute approximate surface area is 137 Å². The number of hydrogen-bond donors (Lipinski definition) is 0. The van der Waals surface area contributed by atoms with Crippen molar-refractivity contribution in [3.63, 3.8) is 0 Å². The van der Waals surface area contributed by atoms with Crippen molar-refractivity contribution in [2.75, 3.05) is 0 Å². The van der Waals surface area contributed by atoms with E-state index in [1.807, 2.05) is 0 Å². The number of ketones is 4. The summed E-state index contributed by atoms with van der Waals surface area (Å²) in [6.45, 7) is 5.01. The molecule has 0 heterocycles. The van der Waals surface area contributed by atoms with Crippen molar-refractivity contribution in [2.45, 2.75) is 58.3 Å². The molecule has 19 heavy (non-hydrogen) atoms. The van der Waals surface area contributed by atoms with Gasteiger partial charge in [-0.25, -0.2) is 0 Å². The molecule has 5 heteroatoms. The maximum absolute atomic E-state index is 11.4. The van der Waals surface area contributed by atoms with Crippen LogP contribution in [0.25, 0.3) is 0 Å². The fraction of sp³-hybridized carbons (Fsp3) is 0.643. The topological polar surface area (TPSA) is 68.3 Å². The third-order valence-corrected chi connectivity index (χ3v) is 2.58. The van der Waals surface area contributed by atoms with Gasteiger partial charge in [-0.2, -0.15) is 0 Å². The van der Waals surface area contributed by atoms with Crippen LogP contribution >= 0.6 is 0 Å². The molecule has 0 saturated heterocycles. The van der Waals surface area contributed by atoms with Crippen LogP contribution in [0.5, 0.6) is 0 Å². The van der Waals surface area contributed by atoms with E-state index in [1.54, 1.807) is 0 Å². The van der Waals surface area contributed by atoms with Crippen LogP contribution in [-0.4, -0.2) is 52.7 Å². The Bertz CT molecular complexity index is 323. The van der Waals surface area contributed by atoms with Gasteiger partial charge in [-0.1, -0.05) is 6.92 Å². The van der Waals surface area contributed by atoms with Gasteiger partial charge in [0.05, 0.1) is 0 Å². The summed E-state index contributed by atoms with van der Waals surface area (Å²) in [6, 6.07) is 0. The van der Waals surface area contributed by atoms with Crippen molar-refractivity contribution in [1.82, 2.24) is 0 Å². The second-order valence-electron chi connectivity index (χ2n) is 4.42. The van der Waals surface area contributed by atoms with E-state index in [1.165, 1.54) is 6.92 Å². The third-order valence-electron chi connectivity index (χ3n) is 2.58. The average molecular weight is 277 g/mol. The normalized spacial score (nSPS) is 9.58. The van der Waals surface area contributed by atoms with Crippen LogP contribution in [-0.2, 0) is 19.2 Å². The molecule has 103 valence electrons. The molecule has 0 spiro atoms. The number of carbonyl (C=O) groups excluding carboxylic acids is 4. The molecule has 0 aliphatic rings. The number of Topliss-reactive ketones (excluding diaryl/α,β-unsaturated/α-hetero) is 4. The zero-order valence-electron chi connectivity index (χ0n) is 11.0. The molecule has 0 aliphatic carbocycles. The van der Waals surface area contributed by atoms with Gasteiger partial charge >= 0.3 is 29.6 Å². The van der Waals surface area contributed by atoms with Gasteiger partial charge in [0.1, 0.15) is 23.1 Å². The number of rotatable bonds is 11. The SMILES string of the molecule is [CH2]CCC(=O)CCC(=O)CCC(=O)CCC(C)=O.[NaH]. The van der Waals surface area contributed by atoms with Gasteiger partial charge in [-0.15, -0.1) is 0 Å². The molecule has 4 nitrogen and oxygen atoms in total. The summed E-state index contributed by atoms with van der Waals surface area (Å²) < 4.78 is 0. The Morgan fingerprint density at radius 2 is 1.00 bits per heavy atom. The van der Waals surface area contributed by atoms with Gasteiger partial charge in [0.25, 0.3) is 0 Å². The molecule has 0 aromatic heterocycles. The second-order valence-corrected chi connectivity index (χ2v) is 4.42. The molecule has 1 radical (unpaired) electrons. The fourth-order valence-corrected chi connectivity index (χ4v) is 1.45. The Morgan fingerprint density at radius 1 is 0.684 bits per heavy atom. The number of hydrogen-bond acceptors (Lipinski definition) is 4. The van der Waals surface area contributed by atoms with Gasteiger partial charge in [-0.05, 0) is 13.3 Å². The first-order chi connectivity index (χ1) is 8.45. The van der Waals surface area contributed by atoms with E-state index in [2.05, 4.69) is 6.92 Å². The Hall–Kier alpha value is -0.320. The Balaban J connectivity index is 0. The van der Waals surface area contributed by atoms with Crippen molar-refractivity contribution >= 4 is 52.7 Å². The molecule has 0 aliphatic heterocycles. The first-order valence-corrected chi connectivity index (χ1v) is 6.29. The Kier molecular flexibility index (Phi) is 14.0. The van der Waals surface area contributed by atoms with Crippen LogP contribution in [0.15, 0.2) is 0 Å². The summed E-state index contributed by atoms with van der Waals surface area (Å²) in [4.78, 5) is 44.6. The van der Waals surface area contributed by atoms with Crippen molar-refractivity contribution in [3.8, 4) is 0 Å². The summed E-state index contributed by atoms with van der Waals surface area (Å²) in [7, 11) is 0. The first kappa shape index (κ1) is 21.0. The molecule has 0 aromatic rings. The monoisotopic (exact) mass is 277 g/mol. The van der Waals surface area contributed by atoms with E-state index in [0.717, 1.165) is 0 Å². The molecule has 0 saturated carbocycles. The first-order valence-electron chi connectivity index (χ1n) is 6.29. The predicted octanol–water partition coefficient (Wildman–Crippen LogP) is 1.59. The van der Waals surface area contributed by atoms with Crippen LogP contribution in [0.1, 0.15) is 58.3 Å². The van der Waals surface area contributed by atoms with E-state index < -0.39 is 0 Å². The van der Waals surface area contributed by atoms with Crippen molar-refractivity contribution in [2.24, 2.45) is 0 Å². The number of carbonyl (C=O) groups is 4. The molecule has 0 unspecified atom stereocenters. The van der Waals surface area contributed by atoms with E-state index in [0.29, 0.717) is 12.8 Å². The van der Waals surface area contributed by atoms with Crippen molar-refractivity contribution in [1.29, 1.82) is 0 Å². The Morgan fingerprint density at radius 3 is 1.32 bits per heavy atom. The molecular weight excluding hydrogens is 255 g/mol. The van der Waals surface area contributed by atoms with E-state index in [9.17, 15) is 19.2 Å². The van der Waals surface area contributed by atoms with Crippen LogP contribution in [0, 0.1) is 6.92 Å².